The summed E-state index contributed by atoms with van der Waals surface area (Å²) in [5, 5.41) is 14.9. The van der Waals surface area contributed by atoms with E-state index in [1.165, 1.54) is 19.4 Å². The van der Waals surface area contributed by atoms with Crippen LogP contribution in [0.15, 0.2) is 48.8 Å². The Hall–Kier alpha value is -4.30. The average molecular weight is 738 g/mol. The molecular formula is C40H39Cl2FN8O. The van der Waals surface area contributed by atoms with Crippen molar-refractivity contribution in [2.24, 2.45) is 17.8 Å². The molecule has 3 atom stereocenters. The van der Waals surface area contributed by atoms with Gasteiger partial charge in [0.25, 0.3) is 0 Å². The van der Waals surface area contributed by atoms with Gasteiger partial charge in [-0.3, -0.25) is 4.79 Å². The van der Waals surface area contributed by atoms with Gasteiger partial charge in [-0.05, 0) is 87.7 Å². The Kier molecular flexibility index (Phi) is 8.56. The molecule has 1 amide bonds. The molecule has 266 valence electrons. The minimum absolute atomic E-state index is 0.0445. The molecule has 4 saturated heterocycles. The van der Waals surface area contributed by atoms with Crippen LogP contribution in [0.5, 0.6) is 0 Å². The van der Waals surface area contributed by atoms with E-state index in [2.05, 4.69) is 42.2 Å². The van der Waals surface area contributed by atoms with Gasteiger partial charge in [-0.1, -0.05) is 35.3 Å². The second kappa shape index (κ2) is 13.3. The van der Waals surface area contributed by atoms with Crippen LogP contribution in [0.3, 0.4) is 0 Å². The second-order valence-corrected chi connectivity index (χ2v) is 15.9. The molecular weight excluding hydrogens is 698 g/mol. The van der Waals surface area contributed by atoms with E-state index in [4.69, 9.17) is 28.2 Å². The van der Waals surface area contributed by atoms with Gasteiger partial charge in [0.15, 0.2) is 5.82 Å². The first kappa shape index (κ1) is 33.5. The third-order valence-electron chi connectivity index (χ3n) is 11.7. The Morgan fingerprint density at radius 1 is 1.08 bits per heavy atom. The molecule has 11 rings (SSSR count). The van der Waals surface area contributed by atoms with Gasteiger partial charge in [-0.15, -0.1) is 0 Å². The third kappa shape index (κ3) is 5.78. The van der Waals surface area contributed by atoms with Crippen LogP contribution in [0.1, 0.15) is 61.5 Å². The van der Waals surface area contributed by atoms with Crippen molar-refractivity contribution in [3.05, 3.63) is 81.6 Å². The molecule has 9 nitrogen and oxygen atoms in total. The van der Waals surface area contributed by atoms with E-state index < -0.39 is 5.82 Å². The number of piperidine rings is 1. The fourth-order valence-electron chi connectivity index (χ4n) is 9.01. The van der Waals surface area contributed by atoms with E-state index in [-0.39, 0.29) is 46.8 Å². The van der Waals surface area contributed by atoms with E-state index in [1.54, 1.807) is 36.7 Å². The number of nitrogens with one attached hydrogen (secondary N) is 2. The van der Waals surface area contributed by atoms with Gasteiger partial charge < -0.3 is 20.1 Å². The molecule has 4 aliphatic heterocycles. The van der Waals surface area contributed by atoms with Gasteiger partial charge in [-0.25, -0.2) is 19.3 Å². The molecule has 2 aliphatic carbocycles. The SMILES string of the molecule is C1NC2CC1C2.Cc1nc2c(F)c(-c3cccc(Cl)c3Cl)c(CCC#N)cc2c2[nH]c(C3C4CC(CN(c5ncccn5)C4)N3C(=O)C3CC3)cc12. The zero-order chi connectivity index (χ0) is 35.7. The maximum atomic E-state index is 16.7. The minimum atomic E-state index is -0.503. The van der Waals surface area contributed by atoms with Crippen LogP contribution in [0.2, 0.25) is 10.0 Å². The highest BCUT2D eigenvalue weighted by Crippen LogP contribution is 2.49. The fourth-order valence-corrected chi connectivity index (χ4v) is 9.40. The smallest absolute Gasteiger partial charge is 0.226 e. The first-order chi connectivity index (χ1) is 25.3. The zero-order valence-corrected chi connectivity index (χ0v) is 30.4. The lowest BCUT2D eigenvalue weighted by Gasteiger charge is -2.32. The summed E-state index contributed by atoms with van der Waals surface area (Å²) in [6.07, 6.45) is 9.73. The lowest BCUT2D eigenvalue weighted by molar-refractivity contribution is -0.135. The Balaban J connectivity index is 0.000000539. The summed E-state index contributed by atoms with van der Waals surface area (Å²) in [5.74, 6) is 1.70. The second-order valence-electron chi connectivity index (χ2n) is 15.1. The van der Waals surface area contributed by atoms with Crippen LogP contribution in [0.25, 0.3) is 32.9 Å². The number of carbonyl (C=O) groups is 1. The van der Waals surface area contributed by atoms with Gasteiger partial charge in [0.1, 0.15) is 5.52 Å². The highest BCUT2D eigenvalue weighted by atomic mass is 35.5. The quantitative estimate of drug-likeness (QED) is 0.182. The number of nitriles is 1. The standard InChI is InChI=1S/C35H30Cl2FN7O.C5H9N/c1-18-24-15-27(33-21-13-22(45(33)34(46)19-8-9-19)17-44(16-21)35-40-11-4-12-41-35)43-31(24)25-14-20(5-3-10-39)28(30(38)32(25)42-18)23-6-2-7-26(36)29(23)37;1-4-2-5(1)6-3-4/h2,4,6-7,11-12,14-15,19,21-22,33,43H,3,5,8-9,13,16-17H2,1H3;4-6H,1-3H2. The number of benzene rings is 2. The lowest BCUT2D eigenvalue weighted by Crippen LogP contribution is -2.45. The van der Waals surface area contributed by atoms with Crippen LogP contribution in [0.4, 0.5) is 10.3 Å². The number of H-pyrrole nitrogens is 1. The molecule has 12 heteroatoms. The Bertz CT molecular complexity index is 2230. The molecule has 0 radical (unpaired) electrons. The number of aromatic amines is 1. The molecule has 3 unspecified atom stereocenters. The van der Waals surface area contributed by atoms with Gasteiger partial charge in [0, 0.05) is 83.1 Å². The van der Waals surface area contributed by atoms with Crippen LogP contribution in [-0.4, -0.2) is 62.5 Å². The Morgan fingerprint density at radius 2 is 1.88 bits per heavy atom. The van der Waals surface area contributed by atoms with Gasteiger partial charge in [0.2, 0.25) is 11.9 Å². The van der Waals surface area contributed by atoms with Crippen molar-refractivity contribution in [3.63, 3.8) is 0 Å². The van der Waals surface area contributed by atoms with Crippen molar-refractivity contribution in [1.82, 2.24) is 30.2 Å². The fraction of sp³-hybridized carbons (Fsp3) is 0.425. The Labute approximate surface area is 311 Å². The molecule has 3 aromatic heterocycles. The molecule has 6 aliphatic rings. The first-order valence-electron chi connectivity index (χ1n) is 18.3. The van der Waals surface area contributed by atoms with Gasteiger partial charge >= 0.3 is 0 Å². The highest BCUT2D eigenvalue weighted by Gasteiger charge is 2.52. The number of nitrogens with zero attached hydrogens (tertiary/aromatic N) is 6. The van der Waals surface area contributed by atoms with E-state index in [9.17, 15) is 10.1 Å². The number of fused-ring (bicyclic) bond motifs is 6. The number of carbonyl (C=O) groups excluding carboxylic acids is 1. The third-order valence-corrected chi connectivity index (χ3v) is 12.5. The van der Waals surface area contributed by atoms with Crippen molar-refractivity contribution in [2.45, 2.75) is 70.0 Å². The van der Waals surface area contributed by atoms with Crippen molar-refractivity contribution in [3.8, 4) is 17.2 Å². The number of rotatable bonds is 6. The number of hydrogen-bond acceptors (Lipinski definition) is 7. The lowest BCUT2D eigenvalue weighted by atomic mass is 9.87. The summed E-state index contributed by atoms with van der Waals surface area (Å²) in [6, 6.07) is 14.0. The number of pyridine rings is 1. The van der Waals surface area contributed by atoms with E-state index in [0.29, 0.717) is 51.7 Å². The summed E-state index contributed by atoms with van der Waals surface area (Å²) in [4.78, 5) is 35.6. The monoisotopic (exact) mass is 736 g/mol. The first-order valence-corrected chi connectivity index (χ1v) is 19.1. The largest absolute Gasteiger partial charge is 0.356 e. The number of hydrogen-bond donors (Lipinski definition) is 2. The topological polar surface area (TPSA) is 114 Å². The highest BCUT2D eigenvalue weighted by molar-refractivity contribution is 6.43. The molecule has 2 N–H and O–H groups in total. The van der Waals surface area contributed by atoms with Crippen molar-refractivity contribution in [2.75, 3.05) is 24.5 Å². The molecule has 5 aromatic rings. The number of amides is 1. The summed E-state index contributed by atoms with van der Waals surface area (Å²) in [6.45, 7) is 4.60. The molecule has 4 bridgehead atoms. The number of likely N-dealkylation sites (tertiary alicyclic amines) is 1. The van der Waals surface area contributed by atoms with Crippen LogP contribution in [0, 0.1) is 41.8 Å². The van der Waals surface area contributed by atoms with Crippen molar-refractivity contribution < 1.29 is 9.18 Å². The number of halogens is 3. The molecule has 52 heavy (non-hydrogen) atoms. The molecule has 2 aromatic carbocycles. The van der Waals surface area contributed by atoms with Gasteiger partial charge in [0.05, 0.1) is 33.7 Å². The maximum Gasteiger partial charge on any atom is 0.226 e. The van der Waals surface area contributed by atoms with E-state index in [1.807, 2.05) is 13.0 Å². The molecule has 0 spiro atoms. The van der Waals surface area contributed by atoms with Crippen LogP contribution >= 0.6 is 23.2 Å². The van der Waals surface area contributed by atoms with Crippen molar-refractivity contribution >= 4 is 56.9 Å². The molecule has 6 fully saturated rings. The average Bonchev–Trinajstić information content (AvgIpc) is 3.42. The minimum Gasteiger partial charge on any atom is -0.356 e. The van der Waals surface area contributed by atoms with E-state index in [0.717, 1.165) is 54.4 Å². The number of anilines is 1. The maximum absolute atomic E-state index is 16.7. The molecule has 7 heterocycles. The molecule has 2 saturated carbocycles. The Morgan fingerprint density at radius 3 is 2.58 bits per heavy atom. The zero-order valence-electron chi connectivity index (χ0n) is 28.9. The van der Waals surface area contributed by atoms with Crippen LogP contribution in [-0.2, 0) is 11.2 Å². The summed E-state index contributed by atoms with van der Waals surface area (Å²) < 4.78 is 16.7. The predicted octanol–water partition coefficient (Wildman–Crippen LogP) is 7.94. The number of aryl methyl sites for hydroxylation is 2. The normalized spacial score (nSPS) is 24.5. The van der Waals surface area contributed by atoms with E-state index >= 15 is 4.39 Å². The van der Waals surface area contributed by atoms with Crippen molar-refractivity contribution in [1.29, 1.82) is 5.26 Å². The number of aromatic nitrogens is 4. The summed E-state index contributed by atoms with van der Waals surface area (Å²) in [5.41, 5.74) is 4.01. The van der Waals surface area contributed by atoms with Crippen LogP contribution < -0.4 is 10.2 Å². The summed E-state index contributed by atoms with van der Waals surface area (Å²) in [7, 11) is 0. The summed E-state index contributed by atoms with van der Waals surface area (Å²) >= 11 is 12.9. The predicted molar refractivity (Wildman–Crippen MR) is 201 cm³/mol. The van der Waals surface area contributed by atoms with Gasteiger partial charge in [-0.2, -0.15) is 5.26 Å².